The minimum Gasteiger partial charge on any atom is -0.0620 e. The van der Waals surface area contributed by atoms with Crippen LogP contribution in [0.2, 0.25) is 0 Å². The summed E-state index contributed by atoms with van der Waals surface area (Å²) < 4.78 is 0. The van der Waals surface area contributed by atoms with Crippen molar-refractivity contribution in [3.8, 4) is 0 Å². The first-order valence-electron chi connectivity index (χ1n) is 5.71. The third kappa shape index (κ3) is 1.84. The molecule has 0 nitrogen and oxygen atoms in total. The monoisotopic (exact) mass is 187 g/mol. The smallest absolute Gasteiger partial charge is 0.00806 e. The van der Waals surface area contributed by atoms with E-state index in [0.717, 1.165) is 5.92 Å². The molecule has 1 aromatic rings. The van der Waals surface area contributed by atoms with Crippen molar-refractivity contribution in [3.05, 3.63) is 41.3 Å². The summed E-state index contributed by atoms with van der Waals surface area (Å²) in [5.41, 5.74) is 2.95. The minimum absolute atomic E-state index is 0.796. The molecule has 0 N–H and O–H groups in total. The van der Waals surface area contributed by atoms with E-state index in [0.29, 0.717) is 0 Å². The molecular formula is C14H19. The van der Waals surface area contributed by atoms with Gasteiger partial charge in [0.15, 0.2) is 0 Å². The van der Waals surface area contributed by atoms with Crippen LogP contribution in [0.4, 0.5) is 0 Å². The molecule has 0 bridgehead atoms. The summed E-state index contributed by atoms with van der Waals surface area (Å²) in [4.78, 5) is 0. The highest BCUT2D eigenvalue weighted by Gasteiger charge is 2.24. The van der Waals surface area contributed by atoms with Gasteiger partial charge in [0.1, 0.15) is 0 Å². The maximum Gasteiger partial charge on any atom is 0.00806 e. The van der Waals surface area contributed by atoms with E-state index in [4.69, 9.17) is 0 Å². The summed E-state index contributed by atoms with van der Waals surface area (Å²) >= 11 is 0. The standard InChI is InChI=1S/C14H19/c1-11-7-3-5-9-13(11)14-10-6-4-8-12(14)2/h3,5,7,9,12H,4,6,8,10H2,1-2H3. The Balaban J connectivity index is 2.25. The van der Waals surface area contributed by atoms with Gasteiger partial charge in [0, 0.05) is 5.92 Å². The predicted octanol–water partition coefficient (Wildman–Crippen LogP) is 4.13. The van der Waals surface area contributed by atoms with Gasteiger partial charge in [-0.3, -0.25) is 0 Å². The first kappa shape index (κ1) is 9.76. The lowest BCUT2D eigenvalue weighted by Crippen LogP contribution is -2.16. The van der Waals surface area contributed by atoms with E-state index in [2.05, 4.69) is 38.1 Å². The van der Waals surface area contributed by atoms with Gasteiger partial charge < -0.3 is 0 Å². The number of aryl methyl sites for hydroxylation is 1. The van der Waals surface area contributed by atoms with E-state index in [-0.39, 0.29) is 0 Å². The summed E-state index contributed by atoms with van der Waals surface area (Å²) in [7, 11) is 0. The number of benzene rings is 1. The van der Waals surface area contributed by atoms with E-state index in [1.807, 2.05) is 0 Å². The molecule has 1 saturated carbocycles. The van der Waals surface area contributed by atoms with Crippen LogP contribution in [0.1, 0.15) is 43.7 Å². The van der Waals surface area contributed by atoms with Crippen molar-refractivity contribution in [2.24, 2.45) is 5.92 Å². The lowest BCUT2D eigenvalue weighted by atomic mass is 9.75. The third-order valence-electron chi connectivity index (χ3n) is 3.42. The summed E-state index contributed by atoms with van der Waals surface area (Å²) in [6.07, 6.45) is 5.49. The highest BCUT2D eigenvalue weighted by Crippen LogP contribution is 2.37. The van der Waals surface area contributed by atoms with Gasteiger partial charge in [-0.2, -0.15) is 0 Å². The largest absolute Gasteiger partial charge is 0.0620 e. The Labute approximate surface area is 87.3 Å². The molecule has 0 saturated heterocycles. The second-order valence-electron chi connectivity index (χ2n) is 4.49. The van der Waals surface area contributed by atoms with Crippen molar-refractivity contribution in [3.63, 3.8) is 0 Å². The predicted molar refractivity (Wildman–Crippen MR) is 61.2 cm³/mol. The van der Waals surface area contributed by atoms with E-state index < -0.39 is 0 Å². The molecule has 1 radical (unpaired) electrons. The Morgan fingerprint density at radius 3 is 2.64 bits per heavy atom. The van der Waals surface area contributed by atoms with Crippen molar-refractivity contribution in [1.82, 2.24) is 0 Å². The van der Waals surface area contributed by atoms with Crippen LogP contribution in [0.5, 0.6) is 0 Å². The molecule has 2 rings (SSSR count). The lowest BCUT2D eigenvalue weighted by molar-refractivity contribution is 0.435. The highest BCUT2D eigenvalue weighted by molar-refractivity contribution is 5.38. The molecule has 1 aliphatic carbocycles. The van der Waals surface area contributed by atoms with E-state index in [1.165, 1.54) is 36.8 Å². The molecule has 1 fully saturated rings. The van der Waals surface area contributed by atoms with Gasteiger partial charge in [-0.1, -0.05) is 44.0 Å². The summed E-state index contributed by atoms with van der Waals surface area (Å²) in [5, 5.41) is 0. The number of hydrogen-bond donors (Lipinski definition) is 0. The number of rotatable bonds is 1. The van der Waals surface area contributed by atoms with Crippen LogP contribution in [-0.2, 0) is 0 Å². The molecule has 0 amide bonds. The Morgan fingerprint density at radius 1 is 1.14 bits per heavy atom. The molecule has 14 heavy (non-hydrogen) atoms. The average molecular weight is 187 g/mol. The molecule has 0 spiro atoms. The van der Waals surface area contributed by atoms with Crippen molar-refractivity contribution in [1.29, 1.82) is 0 Å². The molecule has 1 aliphatic rings. The fraction of sp³-hybridized carbons (Fsp3) is 0.500. The summed E-state index contributed by atoms with van der Waals surface area (Å²) in [5.74, 6) is 2.49. The van der Waals surface area contributed by atoms with Crippen molar-refractivity contribution in [2.45, 2.75) is 39.5 Å². The fourth-order valence-corrected chi connectivity index (χ4v) is 2.52. The lowest BCUT2D eigenvalue weighted by Gasteiger charge is -2.29. The zero-order valence-electron chi connectivity index (χ0n) is 9.22. The van der Waals surface area contributed by atoms with Crippen molar-refractivity contribution in [2.75, 3.05) is 0 Å². The van der Waals surface area contributed by atoms with Gasteiger partial charge >= 0.3 is 0 Å². The van der Waals surface area contributed by atoms with Gasteiger partial charge in [0.25, 0.3) is 0 Å². The maximum absolute atomic E-state index is 2.38. The van der Waals surface area contributed by atoms with Crippen LogP contribution in [0, 0.1) is 18.8 Å². The van der Waals surface area contributed by atoms with Crippen molar-refractivity contribution < 1.29 is 0 Å². The molecule has 1 atom stereocenters. The normalized spacial score (nSPS) is 23.7. The van der Waals surface area contributed by atoms with Crippen LogP contribution in [0.3, 0.4) is 0 Å². The van der Waals surface area contributed by atoms with Crippen LogP contribution in [0.25, 0.3) is 0 Å². The first-order chi connectivity index (χ1) is 6.79. The van der Waals surface area contributed by atoms with Gasteiger partial charge in [-0.05, 0) is 36.8 Å². The topological polar surface area (TPSA) is 0 Å². The minimum atomic E-state index is 0.796. The van der Waals surface area contributed by atoms with Gasteiger partial charge in [-0.15, -0.1) is 0 Å². The first-order valence-corrected chi connectivity index (χ1v) is 5.71. The molecular weight excluding hydrogens is 168 g/mol. The molecule has 0 heterocycles. The Bertz CT molecular complexity index is 301. The summed E-state index contributed by atoms with van der Waals surface area (Å²) in [6, 6.07) is 8.81. The van der Waals surface area contributed by atoms with Crippen LogP contribution in [-0.4, -0.2) is 0 Å². The third-order valence-corrected chi connectivity index (χ3v) is 3.42. The van der Waals surface area contributed by atoms with E-state index in [1.54, 1.807) is 5.92 Å². The Kier molecular flexibility index (Phi) is 2.90. The molecule has 75 valence electrons. The average Bonchev–Trinajstić information content (AvgIpc) is 2.20. The van der Waals surface area contributed by atoms with Crippen LogP contribution < -0.4 is 0 Å². The zero-order valence-corrected chi connectivity index (χ0v) is 9.22. The van der Waals surface area contributed by atoms with Gasteiger partial charge in [0.05, 0.1) is 0 Å². The molecule has 0 aromatic heterocycles. The second kappa shape index (κ2) is 4.16. The van der Waals surface area contributed by atoms with Crippen LogP contribution >= 0.6 is 0 Å². The maximum atomic E-state index is 2.38. The summed E-state index contributed by atoms with van der Waals surface area (Å²) in [6.45, 7) is 4.60. The Hall–Kier alpha value is -0.780. The molecule has 0 aliphatic heterocycles. The van der Waals surface area contributed by atoms with Crippen molar-refractivity contribution >= 4 is 0 Å². The zero-order chi connectivity index (χ0) is 9.97. The number of hydrogen-bond acceptors (Lipinski definition) is 0. The second-order valence-corrected chi connectivity index (χ2v) is 4.49. The molecule has 0 heteroatoms. The van der Waals surface area contributed by atoms with Crippen LogP contribution in [0.15, 0.2) is 24.3 Å². The SMILES string of the molecule is Cc1ccccc1[C]1CCCCC1C. The highest BCUT2D eigenvalue weighted by atomic mass is 14.3. The molecule has 1 unspecified atom stereocenters. The Morgan fingerprint density at radius 2 is 1.93 bits per heavy atom. The van der Waals surface area contributed by atoms with Gasteiger partial charge in [-0.25, -0.2) is 0 Å². The fourth-order valence-electron chi connectivity index (χ4n) is 2.52. The molecule has 1 aromatic carbocycles. The van der Waals surface area contributed by atoms with E-state index >= 15 is 0 Å². The quantitative estimate of drug-likeness (QED) is 0.620. The van der Waals surface area contributed by atoms with E-state index in [9.17, 15) is 0 Å². The van der Waals surface area contributed by atoms with Gasteiger partial charge in [0.2, 0.25) is 0 Å².